The zero-order valence-electron chi connectivity index (χ0n) is 9.45. The monoisotopic (exact) mass is 210 g/mol. The molecule has 0 spiro atoms. The van der Waals surface area contributed by atoms with Gasteiger partial charge in [-0.05, 0) is 24.2 Å². The van der Waals surface area contributed by atoms with Crippen LogP contribution in [0.25, 0.3) is 0 Å². The number of carboxylic acids is 1. The number of nitrogens with zero attached hydrogens (tertiary/aromatic N) is 1. The summed E-state index contributed by atoms with van der Waals surface area (Å²) >= 11 is 0. The van der Waals surface area contributed by atoms with Crippen LogP contribution in [0.4, 0.5) is 0 Å². The van der Waals surface area contributed by atoms with Gasteiger partial charge in [-0.15, -0.1) is 0 Å². The number of hydrazone groups is 1. The van der Waals surface area contributed by atoms with Crippen LogP contribution in [-0.4, -0.2) is 22.8 Å². The fourth-order valence-electron chi connectivity index (χ4n) is 2.65. The Bertz CT molecular complexity index is 323. The first-order valence-electron chi connectivity index (χ1n) is 5.48. The summed E-state index contributed by atoms with van der Waals surface area (Å²) in [4.78, 5) is 11.0. The first-order chi connectivity index (χ1) is 6.92. The predicted molar refractivity (Wildman–Crippen MR) is 57.7 cm³/mol. The third-order valence-electron chi connectivity index (χ3n) is 4.09. The van der Waals surface area contributed by atoms with E-state index in [2.05, 4.69) is 31.3 Å². The molecule has 4 nitrogen and oxygen atoms in total. The Morgan fingerprint density at radius 1 is 1.60 bits per heavy atom. The zero-order valence-corrected chi connectivity index (χ0v) is 9.45. The molecule has 0 radical (unpaired) electrons. The average molecular weight is 210 g/mol. The van der Waals surface area contributed by atoms with Crippen molar-refractivity contribution in [2.24, 2.45) is 22.4 Å². The number of hydrogen-bond acceptors (Lipinski definition) is 3. The molecule has 0 amide bonds. The minimum absolute atomic E-state index is 0.102. The molecule has 1 heterocycles. The van der Waals surface area contributed by atoms with E-state index in [-0.39, 0.29) is 17.4 Å². The number of hydrogen-bond donors (Lipinski definition) is 2. The lowest BCUT2D eigenvalue weighted by Gasteiger charge is -2.42. The van der Waals surface area contributed by atoms with Gasteiger partial charge in [0.25, 0.3) is 0 Å². The van der Waals surface area contributed by atoms with Gasteiger partial charge in [0.2, 0.25) is 0 Å². The van der Waals surface area contributed by atoms with Gasteiger partial charge in [0.1, 0.15) is 5.71 Å². The van der Waals surface area contributed by atoms with E-state index >= 15 is 0 Å². The SMILES string of the molecule is CC1CC2C(C(=O)O)=NNC2CC1(C)C. The standard InChI is InChI=1S/C11H18N2O2/c1-6-4-7-8(5-11(6,2)3)12-13-9(7)10(14)15/h6-8,12H,4-5H2,1-3H3,(H,14,15). The molecule has 1 aliphatic carbocycles. The Morgan fingerprint density at radius 3 is 2.87 bits per heavy atom. The maximum Gasteiger partial charge on any atom is 0.352 e. The van der Waals surface area contributed by atoms with E-state index in [4.69, 9.17) is 5.11 Å². The molecule has 15 heavy (non-hydrogen) atoms. The summed E-state index contributed by atoms with van der Waals surface area (Å²) in [7, 11) is 0. The molecule has 84 valence electrons. The third-order valence-corrected chi connectivity index (χ3v) is 4.09. The highest BCUT2D eigenvalue weighted by Gasteiger charge is 2.45. The van der Waals surface area contributed by atoms with Crippen LogP contribution in [0.3, 0.4) is 0 Å². The third kappa shape index (κ3) is 1.62. The number of carboxylic acid groups (broad SMARTS) is 1. The fourth-order valence-corrected chi connectivity index (χ4v) is 2.65. The Labute approximate surface area is 89.7 Å². The molecule has 0 aromatic heterocycles. The lowest BCUT2D eigenvalue weighted by atomic mass is 9.63. The topological polar surface area (TPSA) is 61.7 Å². The second kappa shape index (κ2) is 3.22. The van der Waals surface area contributed by atoms with E-state index < -0.39 is 5.97 Å². The van der Waals surface area contributed by atoms with Gasteiger partial charge in [0, 0.05) is 5.92 Å². The first kappa shape index (κ1) is 10.5. The fraction of sp³-hybridized carbons (Fsp3) is 0.818. The molecular formula is C11H18N2O2. The van der Waals surface area contributed by atoms with Crippen LogP contribution in [0.15, 0.2) is 5.10 Å². The molecular weight excluding hydrogens is 192 g/mol. The van der Waals surface area contributed by atoms with Crippen LogP contribution in [0.5, 0.6) is 0 Å². The van der Waals surface area contributed by atoms with Gasteiger partial charge >= 0.3 is 5.97 Å². The van der Waals surface area contributed by atoms with E-state index in [0.29, 0.717) is 11.6 Å². The Hall–Kier alpha value is -1.06. The van der Waals surface area contributed by atoms with Crippen LogP contribution in [0.1, 0.15) is 33.6 Å². The maximum absolute atomic E-state index is 11.0. The lowest BCUT2D eigenvalue weighted by molar-refractivity contribution is -0.129. The summed E-state index contributed by atoms with van der Waals surface area (Å²) in [5.74, 6) is -0.226. The average Bonchev–Trinajstić information content (AvgIpc) is 2.47. The first-order valence-corrected chi connectivity index (χ1v) is 5.48. The van der Waals surface area contributed by atoms with Gasteiger partial charge in [-0.2, -0.15) is 5.10 Å². The summed E-state index contributed by atoms with van der Waals surface area (Å²) in [6.45, 7) is 6.69. The van der Waals surface area contributed by atoms with Crippen molar-refractivity contribution in [3.8, 4) is 0 Å². The molecule has 0 aromatic carbocycles. The molecule has 0 bridgehead atoms. The number of carbonyl (C=O) groups is 1. The van der Waals surface area contributed by atoms with E-state index in [9.17, 15) is 4.79 Å². The van der Waals surface area contributed by atoms with E-state index in [1.54, 1.807) is 0 Å². The van der Waals surface area contributed by atoms with E-state index in [1.165, 1.54) is 0 Å². The van der Waals surface area contributed by atoms with Crippen LogP contribution in [0, 0.1) is 17.3 Å². The van der Waals surface area contributed by atoms with Crippen molar-refractivity contribution < 1.29 is 9.90 Å². The lowest BCUT2D eigenvalue weighted by Crippen LogP contribution is -2.44. The Balaban J connectivity index is 2.17. The highest BCUT2D eigenvalue weighted by Crippen LogP contribution is 2.44. The van der Waals surface area contributed by atoms with E-state index in [1.807, 2.05) is 0 Å². The normalized spacial score (nSPS) is 37.8. The summed E-state index contributed by atoms with van der Waals surface area (Å²) in [5.41, 5.74) is 3.57. The molecule has 1 aliphatic heterocycles. The van der Waals surface area contributed by atoms with Crippen LogP contribution < -0.4 is 5.43 Å². The molecule has 3 atom stereocenters. The zero-order chi connectivity index (χ0) is 11.2. The summed E-state index contributed by atoms with van der Waals surface area (Å²) in [6, 6.07) is 0.224. The maximum atomic E-state index is 11.0. The molecule has 3 unspecified atom stereocenters. The summed E-state index contributed by atoms with van der Waals surface area (Å²) in [5, 5.41) is 12.9. The van der Waals surface area contributed by atoms with Gasteiger partial charge in [0.05, 0.1) is 6.04 Å². The molecule has 0 saturated heterocycles. The van der Waals surface area contributed by atoms with Crippen molar-refractivity contribution in [3.05, 3.63) is 0 Å². The Kier molecular flexibility index (Phi) is 2.24. The molecule has 1 saturated carbocycles. The van der Waals surface area contributed by atoms with Crippen molar-refractivity contribution in [3.63, 3.8) is 0 Å². The van der Waals surface area contributed by atoms with Gasteiger partial charge in [-0.25, -0.2) is 4.79 Å². The van der Waals surface area contributed by atoms with Gasteiger partial charge in [-0.1, -0.05) is 20.8 Å². The highest BCUT2D eigenvalue weighted by molar-refractivity contribution is 6.37. The minimum atomic E-state index is -0.873. The van der Waals surface area contributed by atoms with Crippen molar-refractivity contribution in [2.45, 2.75) is 39.7 Å². The number of aliphatic carboxylic acids is 1. The van der Waals surface area contributed by atoms with Crippen molar-refractivity contribution in [2.75, 3.05) is 0 Å². The Morgan fingerprint density at radius 2 is 2.27 bits per heavy atom. The van der Waals surface area contributed by atoms with Crippen LogP contribution >= 0.6 is 0 Å². The molecule has 2 rings (SSSR count). The van der Waals surface area contributed by atoms with Crippen LogP contribution in [0.2, 0.25) is 0 Å². The molecule has 1 fully saturated rings. The quantitative estimate of drug-likeness (QED) is 0.689. The molecule has 4 heteroatoms. The second-order valence-electron chi connectivity index (χ2n) is 5.47. The highest BCUT2D eigenvalue weighted by atomic mass is 16.4. The molecule has 2 aliphatic rings. The van der Waals surface area contributed by atoms with Crippen LogP contribution in [-0.2, 0) is 4.79 Å². The number of nitrogens with one attached hydrogen (secondary N) is 1. The van der Waals surface area contributed by atoms with E-state index in [0.717, 1.165) is 12.8 Å². The van der Waals surface area contributed by atoms with Crippen molar-refractivity contribution in [1.82, 2.24) is 5.43 Å². The predicted octanol–water partition coefficient (Wildman–Crippen LogP) is 1.47. The summed E-state index contributed by atoms with van der Waals surface area (Å²) in [6.07, 6.45) is 1.93. The minimum Gasteiger partial charge on any atom is -0.477 e. The largest absolute Gasteiger partial charge is 0.477 e. The van der Waals surface area contributed by atoms with Gasteiger partial charge < -0.3 is 10.5 Å². The molecule has 0 aromatic rings. The van der Waals surface area contributed by atoms with Gasteiger partial charge in [-0.3, -0.25) is 0 Å². The number of rotatable bonds is 1. The smallest absolute Gasteiger partial charge is 0.352 e. The van der Waals surface area contributed by atoms with Crippen molar-refractivity contribution in [1.29, 1.82) is 0 Å². The number of fused-ring (bicyclic) bond motifs is 1. The van der Waals surface area contributed by atoms with Crippen molar-refractivity contribution >= 4 is 11.7 Å². The second-order valence-corrected chi connectivity index (χ2v) is 5.47. The van der Waals surface area contributed by atoms with Gasteiger partial charge in [0.15, 0.2) is 0 Å². The summed E-state index contributed by atoms with van der Waals surface area (Å²) < 4.78 is 0. The molecule has 2 N–H and O–H groups in total.